The first-order chi connectivity index (χ1) is 9.99. The minimum absolute atomic E-state index is 0.0171. The number of carboxylic acids is 1. The minimum atomic E-state index is -0.899. The van der Waals surface area contributed by atoms with Gasteiger partial charge in [-0.3, -0.25) is 19.3 Å². The number of carbonyl (C=O) groups is 3. The van der Waals surface area contributed by atoms with E-state index in [0.29, 0.717) is 24.2 Å². The van der Waals surface area contributed by atoms with Gasteiger partial charge in [0.05, 0.1) is 12.2 Å². The van der Waals surface area contributed by atoms with Crippen molar-refractivity contribution in [2.24, 2.45) is 0 Å². The Bertz CT molecular complexity index is 571. The first-order valence-corrected chi connectivity index (χ1v) is 6.85. The molecule has 2 N–H and O–H groups in total. The van der Waals surface area contributed by atoms with Crippen LogP contribution in [0.4, 0.5) is 5.69 Å². The summed E-state index contributed by atoms with van der Waals surface area (Å²) in [6.07, 6.45) is 1.33. The lowest BCUT2D eigenvalue weighted by Crippen LogP contribution is -2.41. The summed E-state index contributed by atoms with van der Waals surface area (Å²) in [5.41, 5.74) is 0.906. The molecule has 21 heavy (non-hydrogen) atoms. The fourth-order valence-electron chi connectivity index (χ4n) is 2.57. The maximum atomic E-state index is 12.1. The molecule has 0 radical (unpaired) electrons. The van der Waals surface area contributed by atoms with Gasteiger partial charge in [-0.25, -0.2) is 0 Å². The zero-order chi connectivity index (χ0) is 15.4. The summed E-state index contributed by atoms with van der Waals surface area (Å²) in [5.74, 6) is -1.34. The van der Waals surface area contributed by atoms with Gasteiger partial charge in [-0.2, -0.15) is 0 Å². The monoisotopic (exact) mass is 290 g/mol. The molecule has 6 nitrogen and oxygen atoms in total. The first-order valence-electron chi connectivity index (χ1n) is 6.85. The number of hydrogen-bond acceptors (Lipinski definition) is 4. The predicted molar refractivity (Wildman–Crippen MR) is 77.3 cm³/mol. The number of hydrogen-bond donors (Lipinski definition) is 2. The first kappa shape index (κ1) is 15.2. The SMILES string of the molecule is CC(=O)c1ccccc1NC(=O)CN1CCCC1C(=O)O. The van der Waals surface area contributed by atoms with Crippen LogP contribution < -0.4 is 5.32 Å². The van der Waals surface area contributed by atoms with Gasteiger partial charge in [0.15, 0.2) is 5.78 Å². The van der Waals surface area contributed by atoms with E-state index in [9.17, 15) is 14.4 Å². The number of anilines is 1. The maximum absolute atomic E-state index is 12.1. The van der Waals surface area contributed by atoms with E-state index in [0.717, 1.165) is 6.42 Å². The summed E-state index contributed by atoms with van der Waals surface area (Å²) >= 11 is 0. The molecule has 1 amide bonds. The van der Waals surface area contributed by atoms with Crippen LogP contribution in [0.15, 0.2) is 24.3 Å². The molecule has 0 aliphatic carbocycles. The van der Waals surface area contributed by atoms with E-state index in [1.54, 1.807) is 29.2 Å². The summed E-state index contributed by atoms with van der Waals surface area (Å²) in [6, 6.07) is 6.17. The molecule has 1 atom stereocenters. The van der Waals surface area contributed by atoms with Crippen molar-refractivity contribution < 1.29 is 19.5 Å². The van der Waals surface area contributed by atoms with Crippen LogP contribution in [-0.4, -0.2) is 46.8 Å². The van der Waals surface area contributed by atoms with Crippen LogP contribution in [0.3, 0.4) is 0 Å². The largest absolute Gasteiger partial charge is 0.480 e. The van der Waals surface area contributed by atoms with Gasteiger partial charge in [-0.05, 0) is 38.4 Å². The number of carboxylic acid groups (broad SMARTS) is 1. The molecule has 1 aliphatic rings. The van der Waals surface area contributed by atoms with Crippen LogP contribution in [0.1, 0.15) is 30.1 Å². The summed E-state index contributed by atoms with van der Waals surface area (Å²) in [4.78, 5) is 36.3. The highest BCUT2D eigenvalue weighted by molar-refractivity contribution is 6.04. The van der Waals surface area contributed by atoms with E-state index >= 15 is 0 Å². The van der Waals surface area contributed by atoms with Crippen LogP contribution in [0.5, 0.6) is 0 Å². The van der Waals surface area contributed by atoms with Crippen LogP contribution in [-0.2, 0) is 9.59 Å². The van der Waals surface area contributed by atoms with E-state index in [1.165, 1.54) is 6.92 Å². The molecule has 1 fully saturated rings. The molecule has 0 saturated carbocycles. The van der Waals surface area contributed by atoms with Gasteiger partial charge in [0.25, 0.3) is 0 Å². The number of nitrogens with one attached hydrogen (secondary N) is 1. The van der Waals surface area contributed by atoms with Crippen molar-refractivity contribution in [3.05, 3.63) is 29.8 Å². The molecular formula is C15H18N2O4. The Morgan fingerprint density at radius 1 is 1.33 bits per heavy atom. The predicted octanol–water partition coefficient (Wildman–Crippen LogP) is 1.38. The van der Waals surface area contributed by atoms with Crippen LogP contribution in [0.2, 0.25) is 0 Å². The van der Waals surface area contributed by atoms with E-state index in [2.05, 4.69) is 5.32 Å². The van der Waals surface area contributed by atoms with Crippen molar-refractivity contribution in [3.63, 3.8) is 0 Å². The molecule has 1 aromatic rings. The Balaban J connectivity index is 2.02. The highest BCUT2D eigenvalue weighted by Crippen LogP contribution is 2.18. The second kappa shape index (κ2) is 6.49. The third kappa shape index (κ3) is 3.66. The standard InChI is InChI=1S/C15H18N2O4/c1-10(18)11-5-2-3-6-12(11)16-14(19)9-17-8-4-7-13(17)15(20)21/h2-3,5-6,13H,4,7-9H2,1H3,(H,16,19)(H,20,21). The second-order valence-electron chi connectivity index (χ2n) is 5.12. The van der Waals surface area contributed by atoms with Gasteiger partial charge < -0.3 is 10.4 Å². The third-order valence-electron chi connectivity index (χ3n) is 3.58. The highest BCUT2D eigenvalue weighted by atomic mass is 16.4. The molecule has 6 heteroatoms. The molecule has 0 bridgehead atoms. The van der Waals surface area contributed by atoms with Crippen molar-refractivity contribution in [1.82, 2.24) is 4.90 Å². The van der Waals surface area contributed by atoms with E-state index in [-0.39, 0.29) is 18.2 Å². The summed E-state index contributed by atoms with van der Waals surface area (Å²) in [7, 11) is 0. The molecule has 112 valence electrons. The molecular weight excluding hydrogens is 272 g/mol. The average molecular weight is 290 g/mol. The number of likely N-dealkylation sites (tertiary alicyclic amines) is 1. The number of benzene rings is 1. The molecule has 1 unspecified atom stereocenters. The van der Waals surface area contributed by atoms with Crippen molar-refractivity contribution in [1.29, 1.82) is 0 Å². The highest BCUT2D eigenvalue weighted by Gasteiger charge is 2.31. The van der Waals surface area contributed by atoms with Crippen molar-refractivity contribution in [2.75, 3.05) is 18.4 Å². The Morgan fingerprint density at radius 3 is 2.71 bits per heavy atom. The number of para-hydroxylation sites is 1. The zero-order valence-electron chi connectivity index (χ0n) is 11.8. The molecule has 1 aromatic carbocycles. The lowest BCUT2D eigenvalue weighted by molar-refractivity contribution is -0.142. The van der Waals surface area contributed by atoms with Gasteiger partial charge in [0.2, 0.25) is 5.91 Å². The quantitative estimate of drug-likeness (QED) is 0.800. The van der Waals surface area contributed by atoms with Gasteiger partial charge >= 0.3 is 5.97 Å². The van der Waals surface area contributed by atoms with Gasteiger partial charge in [-0.1, -0.05) is 12.1 Å². The topological polar surface area (TPSA) is 86.7 Å². The van der Waals surface area contributed by atoms with Crippen LogP contribution >= 0.6 is 0 Å². The molecule has 1 saturated heterocycles. The Morgan fingerprint density at radius 2 is 2.05 bits per heavy atom. The molecule has 1 heterocycles. The third-order valence-corrected chi connectivity index (χ3v) is 3.58. The van der Waals surface area contributed by atoms with E-state index in [1.807, 2.05) is 0 Å². The zero-order valence-corrected chi connectivity index (χ0v) is 11.8. The van der Waals surface area contributed by atoms with Crippen LogP contribution in [0.25, 0.3) is 0 Å². The number of rotatable bonds is 5. The summed E-state index contributed by atoms with van der Waals surface area (Å²) in [5, 5.41) is 11.8. The number of amides is 1. The number of nitrogens with zero attached hydrogens (tertiary/aromatic N) is 1. The van der Waals surface area contributed by atoms with Gasteiger partial charge in [0.1, 0.15) is 6.04 Å². The lowest BCUT2D eigenvalue weighted by Gasteiger charge is -2.20. The van der Waals surface area contributed by atoms with E-state index in [4.69, 9.17) is 5.11 Å². The fourth-order valence-corrected chi connectivity index (χ4v) is 2.57. The van der Waals surface area contributed by atoms with Crippen LogP contribution in [0, 0.1) is 0 Å². The normalized spacial score (nSPS) is 18.4. The number of Topliss-reactive ketones (excluding diaryl/α,β-unsaturated/α-hetero) is 1. The fraction of sp³-hybridized carbons (Fsp3) is 0.400. The van der Waals surface area contributed by atoms with Crippen molar-refractivity contribution in [2.45, 2.75) is 25.8 Å². The van der Waals surface area contributed by atoms with E-state index < -0.39 is 12.0 Å². The van der Waals surface area contributed by atoms with Crippen molar-refractivity contribution >= 4 is 23.3 Å². The molecule has 2 rings (SSSR count). The number of carbonyl (C=O) groups excluding carboxylic acids is 2. The molecule has 1 aliphatic heterocycles. The Hall–Kier alpha value is -2.21. The van der Waals surface area contributed by atoms with Gasteiger partial charge in [0, 0.05) is 5.56 Å². The van der Waals surface area contributed by atoms with Gasteiger partial charge in [-0.15, -0.1) is 0 Å². The average Bonchev–Trinajstić information content (AvgIpc) is 2.87. The second-order valence-corrected chi connectivity index (χ2v) is 5.12. The number of aliphatic carboxylic acids is 1. The smallest absolute Gasteiger partial charge is 0.320 e. The minimum Gasteiger partial charge on any atom is -0.480 e. The number of ketones is 1. The lowest BCUT2D eigenvalue weighted by atomic mass is 10.1. The Kier molecular flexibility index (Phi) is 4.70. The molecule has 0 spiro atoms. The van der Waals surface area contributed by atoms with Crippen molar-refractivity contribution in [3.8, 4) is 0 Å². The maximum Gasteiger partial charge on any atom is 0.320 e. The molecule has 0 aromatic heterocycles. The summed E-state index contributed by atoms with van der Waals surface area (Å²) < 4.78 is 0. The Labute approximate surface area is 122 Å². The summed E-state index contributed by atoms with van der Waals surface area (Å²) in [6.45, 7) is 2.05.